The first-order chi connectivity index (χ1) is 5.13. The lowest BCUT2D eigenvalue weighted by atomic mass is 10.2. The Balaban J connectivity index is 2.29. The first-order valence-corrected chi connectivity index (χ1v) is 5.23. The summed E-state index contributed by atoms with van der Waals surface area (Å²) in [6.45, 7) is 0.420. The molecule has 2 aliphatic heterocycles. The van der Waals surface area contributed by atoms with E-state index < -0.39 is 9.84 Å². The maximum atomic E-state index is 11.1. The Kier molecular flexibility index (Phi) is 1.19. The second-order valence-corrected chi connectivity index (χ2v) is 5.42. The summed E-state index contributed by atoms with van der Waals surface area (Å²) in [4.78, 5) is 1.58. The zero-order valence-electron chi connectivity index (χ0n) is 5.90. The van der Waals surface area contributed by atoms with E-state index in [4.69, 9.17) is 5.26 Å². The molecular weight excluding hydrogens is 164 g/mol. The van der Waals surface area contributed by atoms with Crippen molar-refractivity contribution >= 4 is 9.84 Å². The molecule has 5 heteroatoms. The summed E-state index contributed by atoms with van der Waals surface area (Å²) < 4.78 is 22.3. The molecule has 2 saturated heterocycles. The molecule has 0 aliphatic carbocycles. The molecule has 0 aromatic carbocycles. The smallest absolute Gasteiger partial charge is 0.179 e. The van der Waals surface area contributed by atoms with E-state index in [9.17, 15) is 8.42 Å². The van der Waals surface area contributed by atoms with Crippen LogP contribution in [-0.2, 0) is 9.84 Å². The van der Waals surface area contributed by atoms with Crippen molar-refractivity contribution in [2.24, 2.45) is 0 Å². The van der Waals surface area contributed by atoms with Gasteiger partial charge in [0.25, 0.3) is 0 Å². The van der Waals surface area contributed by atoms with Crippen LogP contribution in [0.4, 0.5) is 0 Å². The molecule has 60 valence electrons. The van der Waals surface area contributed by atoms with Gasteiger partial charge in [-0.3, -0.25) is 0 Å². The van der Waals surface area contributed by atoms with Gasteiger partial charge >= 0.3 is 0 Å². The number of hydrogen-bond acceptors (Lipinski definition) is 4. The molecule has 2 bridgehead atoms. The monoisotopic (exact) mass is 172 g/mol. The second kappa shape index (κ2) is 1.89. The standard InChI is InChI=1S/C6H8N2O2S/c7-4-8-2-6-1-5(8)3-11(6,9)10/h5-6H,1-3H2. The fourth-order valence-electron chi connectivity index (χ4n) is 1.82. The van der Waals surface area contributed by atoms with Gasteiger partial charge in [-0.1, -0.05) is 0 Å². The third kappa shape index (κ3) is 0.824. The Labute approximate surface area is 65.3 Å². The van der Waals surface area contributed by atoms with E-state index in [-0.39, 0.29) is 17.0 Å². The highest BCUT2D eigenvalue weighted by Gasteiger charge is 2.48. The van der Waals surface area contributed by atoms with Crippen molar-refractivity contribution in [3.8, 4) is 6.19 Å². The topological polar surface area (TPSA) is 61.2 Å². The first kappa shape index (κ1) is 6.92. The van der Waals surface area contributed by atoms with Crippen molar-refractivity contribution in [3.63, 3.8) is 0 Å². The Morgan fingerprint density at radius 3 is 2.64 bits per heavy atom. The van der Waals surface area contributed by atoms with Crippen LogP contribution < -0.4 is 0 Å². The normalized spacial score (nSPS) is 39.0. The molecule has 2 aliphatic rings. The molecule has 0 aromatic rings. The van der Waals surface area contributed by atoms with Crippen LogP contribution >= 0.6 is 0 Å². The molecule has 2 unspecified atom stereocenters. The molecule has 2 atom stereocenters. The Morgan fingerprint density at radius 2 is 2.27 bits per heavy atom. The van der Waals surface area contributed by atoms with Crippen molar-refractivity contribution in [3.05, 3.63) is 0 Å². The van der Waals surface area contributed by atoms with E-state index in [0.29, 0.717) is 13.0 Å². The van der Waals surface area contributed by atoms with Crippen molar-refractivity contribution in [2.75, 3.05) is 12.3 Å². The van der Waals surface area contributed by atoms with Gasteiger partial charge in [0.2, 0.25) is 0 Å². The number of likely N-dealkylation sites (tertiary alicyclic amines) is 1. The summed E-state index contributed by atoms with van der Waals surface area (Å²) in [6, 6.07) is -0.0185. The SMILES string of the molecule is N#CN1CC2CC1CS2(=O)=O. The highest BCUT2D eigenvalue weighted by molar-refractivity contribution is 7.92. The molecule has 4 nitrogen and oxygen atoms in total. The average Bonchev–Trinajstić information content (AvgIpc) is 2.41. The van der Waals surface area contributed by atoms with Crippen molar-refractivity contribution in [1.82, 2.24) is 4.90 Å². The summed E-state index contributed by atoms with van der Waals surface area (Å²) in [6.07, 6.45) is 2.66. The van der Waals surface area contributed by atoms with Crippen LogP contribution in [0.3, 0.4) is 0 Å². The predicted molar refractivity (Wildman–Crippen MR) is 38.3 cm³/mol. The van der Waals surface area contributed by atoms with Gasteiger partial charge < -0.3 is 4.90 Å². The number of nitrogens with zero attached hydrogens (tertiary/aromatic N) is 2. The summed E-state index contributed by atoms with van der Waals surface area (Å²) in [5, 5.41) is 8.28. The summed E-state index contributed by atoms with van der Waals surface area (Å²) in [5.41, 5.74) is 0. The van der Waals surface area contributed by atoms with Crippen LogP contribution in [0.5, 0.6) is 0 Å². The van der Waals surface area contributed by atoms with Crippen LogP contribution in [0.25, 0.3) is 0 Å². The first-order valence-electron chi connectivity index (χ1n) is 3.51. The minimum absolute atomic E-state index is 0.0185. The van der Waals surface area contributed by atoms with Gasteiger partial charge in [0.1, 0.15) is 0 Å². The van der Waals surface area contributed by atoms with Crippen molar-refractivity contribution < 1.29 is 8.42 Å². The van der Waals surface area contributed by atoms with E-state index in [0.717, 1.165) is 0 Å². The maximum Gasteiger partial charge on any atom is 0.179 e. The van der Waals surface area contributed by atoms with Gasteiger partial charge in [0, 0.05) is 6.54 Å². The molecule has 0 aromatic heterocycles. The number of hydrogen-bond donors (Lipinski definition) is 0. The predicted octanol–water partition coefficient (Wildman–Crippen LogP) is -0.661. The van der Waals surface area contributed by atoms with Gasteiger partial charge in [-0.25, -0.2) is 8.42 Å². The van der Waals surface area contributed by atoms with E-state index in [1.807, 2.05) is 6.19 Å². The molecule has 2 fully saturated rings. The molecular formula is C6H8N2O2S. The number of nitriles is 1. The minimum Gasteiger partial charge on any atom is -0.305 e. The van der Waals surface area contributed by atoms with Crippen LogP contribution in [0, 0.1) is 11.5 Å². The van der Waals surface area contributed by atoms with Crippen LogP contribution in [0.1, 0.15) is 6.42 Å². The molecule has 2 heterocycles. The van der Waals surface area contributed by atoms with Gasteiger partial charge in [-0.15, -0.1) is 0 Å². The lowest BCUT2D eigenvalue weighted by molar-refractivity contribution is 0.381. The fraction of sp³-hybridized carbons (Fsp3) is 0.833. The summed E-state index contributed by atoms with van der Waals surface area (Å²) >= 11 is 0. The number of rotatable bonds is 0. The summed E-state index contributed by atoms with van der Waals surface area (Å²) in [5.74, 6) is 0.186. The molecule has 0 radical (unpaired) electrons. The van der Waals surface area contributed by atoms with E-state index in [1.54, 1.807) is 4.90 Å². The molecule has 0 N–H and O–H groups in total. The Morgan fingerprint density at radius 1 is 1.55 bits per heavy atom. The molecule has 2 rings (SSSR count). The highest BCUT2D eigenvalue weighted by Crippen LogP contribution is 2.31. The van der Waals surface area contributed by atoms with Crippen LogP contribution in [0.15, 0.2) is 0 Å². The fourth-order valence-corrected chi connectivity index (χ4v) is 3.85. The van der Waals surface area contributed by atoms with Crippen LogP contribution in [0.2, 0.25) is 0 Å². The lowest BCUT2D eigenvalue weighted by Gasteiger charge is -2.19. The highest BCUT2D eigenvalue weighted by atomic mass is 32.2. The second-order valence-electron chi connectivity index (χ2n) is 3.09. The Hall–Kier alpha value is -0.760. The molecule has 11 heavy (non-hydrogen) atoms. The van der Waals surface area contributed by atoms with Gasteiger partial charge in [0.15, 0.2) is 16.0 Å². The van der Waals surface area contributed by atoms with Crippen LogP contribution in [-0.4, -0.2) is 36.9 Å². The van der Waals surface area contributed by atoms with Gasteiger partial charge in [-0.05, 0) is 6.42 Å². The van der Waals surface area contributed by atoms with Crippen molar-refractivity contribution in [1.29, 1.82) is 5.26 Å². The largest absolute Gasteiger partial charge is 0.305 e. The maximum absolute atomic E-state index is 11.1. The molecule has 0 saturated carbocycles. The Bertz CT molecular complexity index is 316. The molecule has 0 spiro atoms. The van der Waals surface area contributed by atoms with E-state index in [1.165, 1.54) is 0 Å². The lowest BCUT2D eigenvalue weighted by Crippen LogP contribution is -2.37. The van der Waals surface area contributed by atoms with E-state index in [2.05, 4.69) is 0 Å². The van der Waals surface area contributed by atoms with Gasteiger partial charge in [0.05, 0.1) is 17.0 Å². The summed E-state index contributed by atoms with van der Waals surface area (Å²) in [7, 11) is -2.82. The third-order valence-electron chi connectivity index (χ3n) is 2.44. The molecule has 0 amide bonds. The number of fused-ring (bicyclic) bond motifs is 2. The minimum atomic E-state index is -2.82. The average molecular weight is 172 g/mol. The zero-order chi connectivity index (χ0) is 8.06. The zero-order valence-corrected chi connectivity index (χ0v) is 6.71. The number of sulfone groups is 1. The quantitative estimate of drug-likeness (QED) is 0.455. The van der Waals surface area contributed by atoms with E-state index >= 15 is 0 Å². The van der Waals surface area contributed by atoms with Gasteiger partial charge in [-0.2, -0.15) is 5.26 Å². The van der Waals surface area contributed by atoms with Crippen molar-refractivity contribution in [2.45, 2.75) is 17.7 Å². The third-order valence-corrected chi connectivity index (χ3v) is 4.64.